The highest BCUT2D eigenvalue weighted by molar-refractivity contribution is 4.70. The van der Waals surface area contributed by atoms with Crippen molar-refractivity contribution < 1.29 is 9.94 Å². The molecule has 1 fully saturated rings. The number of hydroxylamine groups is 2. The zero-order valence-corrected chi connectivity index (χ0v) is 11.5. The van der Waals surface area contributed by atoms with E-state index in [0.717, 1.165) is 12.3 Å². The molecule has 102 valence electrons. The van der Waals surface area contributed by atoms with Crippen LogP contribution in [0.5, 0.6) is 0 Å². The molecule has 0 bridgehead atoms. The van der Waals surface area contributed by atoms with Gasteiger partial charge < -0.3 is 9.94 Å². The van der Waals surface area contributed by atoms with Gasteiger partial charge in [0.1, 0.15) is 0 Å². The van der Waals surface area contributed by atoms with E-state index in [9.17, 15) is 5.21 Å². The normalized spacial score (nSPS) is 22.2. The van der Waals surface area contributed by atoms with E-state index in [1.807, 2.05) is 0 Å². The average Bonchev–Trinajstić information content (AvgIpc) is 2.32. The molecule has 0 spiro atoms. The van der Waals surface area contributed by atoms with Crippen molar-refractivity contribution in [3.8, 4) is 0 Å². The molecule has 0 aliphatic carbocycles. The van der Waals surface area contributed by atoms with Gasteiger partial charge in [-0.2, -0.15) is 5.06 Å². The maximum Gasteiger partial charge on any atom is 0.0645 e. The lowest BCUT2D eigenvalue weighted by atomic mass is 9.92. The first-order chi connectivity index (χ1) is 8.27. The van der Waals surface area contributed by atoms with Crippen molar-refractivity contribution in [2.45, 2.75) is 64.8 Å². The monoisotopic (exact) mass is 243 g/mol. The summed E-state index contributed by atoms with van der Waals surface area (Å²) < 4.78 is 5.40. The lowest BCUT2D eigenvalue weighted by Gasteiger charge is -2.30. The molecule has 0 saturated carbocycles. The number of morpholine rings is 1. The molecular weight excluding hydrogens is 214 g/mol. The standard InChI is InChI=1S/C14H29NO2/c1-3-6-13(7-4-2)8-5-9-14-12-17-11-10-15(14)16/h13-14,16H,3-12H2,1-2H3. The van der Waals surface area contributed by atoms with Crippen LogP contribution in [0, 0.1) is 5.92 Å². The predicted octanol–water partition coefficient (Wildman–Crippen LogP) is 3.46. The molecule has 17 heavy (non-hydrogen) atoms. The van der Waals surface area contributed by atoms with Gasteiger partial charge in [0.25, 0.3) is 0 Å². The van der Waals surface area contributed by atoms with Crippen molar-refractivity contribution in [2.75, 3.05) is 19.8 Å². The fourth-order valence-electron chi connectivity index (χ4n) is 2.77. The summed E-state index contributed by atoms with van der Waals surface area (Å²) in [6.07, 6.45) is 8.91. The van der Waals surface area contributed by atoms with E-state index < -0.39 is 0 Å². The smallest absolute Gasteiger partial charge is 0.0645 e. The summed E-state index contributed by atoms with van der Waals surface area (Å²) in [4.78, 5) is 0. The summed E-state index contributed by atoms with van der Waals surface area (Å²) in [6.45, 7) is 6.57. The Bertz CT molecular complexity index is 181. The second-order valence-electron chi connectivity index (χ2n) is 5.27. The SMILES string of the molecule is CCCC(CCC)CCCC1COCCN1O. The summed E-state index contributed by atoms with van der Waals surface area (Å²) in [5.74, 6) is 0.890. The van der Waals surface area contributed by atoms with E-state index in [-0.39, 0.29) is 6.04 Å². The maximum atomic E-state index is 9.69. The average molecular weight is 243 g/mol. The van der Waals surface area contributed by atoms with E-state index in [0.29, 0.717) is 19.8 Å². The van der Waals surface area contributed by atoms with Gasteiger partial charge >= 0.3 is 0 Å². The molecule has 1 unspecified atom stereocenters. The van der Waals surface area contributed by atoms with E-state index in [4.69, 9.17) is 4.74 Å². The van der Waals surface area contributed by atoms with Crippen molar-refractivity contribution in [3.63, 3.8) is 0 Å². The first-order valence-corrected chi connectivity index (χ1v) is 7.31. The van der Waals surface area contributed by atoms with Gasteiger partial charge in [0.2, 0.25) is 0 Å². The molecule has 3 nitrogen and oxygen atoms in total. The van der Waals surface area contributed by atoms with Gasteiger partial charge in [0, 0.05) is 6.54 Å². The lowest BCUT2D eigenvalue weighted by molar-refractivity contribution is -0.182. The minimum atomic E-state index is 0.229. The first kappa shape index (κ1) is 14.9. The highest BCUT2D eigenvalue weighted by Crippen LogP contribution is 2.22. The fraction of sp³-hybridized carbons (Fsp3) is 1.00. The molecule has 0 radical (unpaired) electrons. The van der Waals surface area contributed by atoms with E-state index >= 15 is 0 Å². The van der Waals surface area contributed by atoms with Gasteiger partial charge in [0.05, 0.1) is 19.3 Å². The molecule has 1 saturated heterocycles. The van der Waals surface area contributed by atoms with Crippen molar-refractivity contribution in [1.29, 1.82) is 0 Å². The molecular formula is C14H29NO2. The molecule has 1 atom stereocenters. The van der Waals surface area contributed by atoms with Crippen LogP contribution in [0.1, 0.15) is 58.8 Å². The Kier molecular flexibility index (Phi) is 7.82. The van der Waals surface area contributed by atoms with Crippen molar-refractivity contribution in [3.05, 3.63) is 0 Å². The van der Waals surface area contributed by atoms with Gasteiger partial charge in [-0.25, -0.2) is 0 Å². The van der Waals surface area contributed by atoms with Gasteiger partial charge in [-0.05, 0) is 12.3 Å². The van der Waals surface area contributed by atoms with Crippen LogP contribution in [0.25, 0.3) is 0 Å². The van der Waals surface area contributed by atoms with E-state index in [1.165, 1.54) is 43.6 Å². The third-order valence-electron chi connectivity index (χ3n) is 3.74. The molecule has 1 heterocycles. The van der Waals surface area contributed by atoms with Crippen molar-refractivity contribution in [2.24, 2.45) is 5.92 Å². The van der Waals surface area contributed by atoms with Crippen LogP contribution in [0.3, 0.4) is 0 Å². The second-order valence-corrected chi connectivity index (χ2v) is 5.27. The predicted molar refractivity (Wildman–Crippen MR) is 70.3 cm³/mol. The third-order valence-corrected chi connectivity index (χ3v) is 3.74. The van der Waals surface area contributed by atoms with Crippen LogP contribution in [0.2, 0.25) is 0 Å². The van der Waals surface area contributed by atoms with E-state index in [2.05, 4.69) is 13.8 Å². The topological polar surface area (TPSA) is 32.7 Å². The third kappa shape index (κ3) is 5.84. The quantitative estimate of drug-likeness (QED) is 0.708. The molecule has 0 aromatic heterocycles. The largest absolute Gasteiger partial charge is 0.378 e. The van der Waals surface area contributed by atoms with Crippen LogP contribution in [-0.2, 0) is 4.74 Å². The number of ether oxygens (including phenoxy) is 1. The molecule has 0 aromatic carbocycles. The fourth-order valence-corrected chi connectivity index (χ4v) is 2.77. The summed E-state index contributed by atoms with van der Waals surface area (Å²) in [6, 6.07) is 0.229. The highest BCUT2D eigenvalue weighted by atomic mass is 16.5. The summed E-state index contributed by atoms with van der Waals surface area (Å²) in [5.41, 5.74) is 0. The second kappa shape index (κ2) is 8.90. The van der Waals surface area contributed by atoms with Crippen LogP contribution in [-0.4, -0.2) is 36.1 Å². The lowest BCUT2D eigenvalue weighted by Crippen LogP contribution is -2.43. The molecule has 1 N–H and O–H groups in total. The van der Waals surface area contributed by atoms with Gasteiger partial charge in [-0.15, -0.1) is 0 Å². The first-order valence-electron chi connectivity index (χ1n) is 7.31. The molecule has 3 heteroatoms. The zero-order chi connectivity index (χ0) is 12.5. The molecule has 1 rings (SSSR count). The van der Waals surface area contributed by atoms with Crippen LogP contribution < -0.4 is 0 Å². The Balaban J connectivity index is 2.15. The Morgan fingerprint density at radius 2 is 1.94 bits per heavy atom. The maximum absolute atomic E-state index is 9.69. The van der Waals surface area contributed by atoms with Crippen LogP contribution in [0.15, 0.2) is 0 Å². The van der Waals surface area contributed by atoms with Crippen LogP contribution in [0.4, 0.5) is 0 Å². The summed E-state index contributed by atoms with van der Waals surface area (Å²) in [7, 11) is 0. The molecule has 1 aliphatic heterocycles. The summed E-state index contributed by atoms with van der Waals surface area (Å²) >= 11 is 0. The Morgan fingerprint density at radius 3 is 2.53 bits per heavy atom. The zero-order valence-electron chi connectivity index (χ0n) is 11.5. The minimum Gasteiger partial charge on any atom is -0.378 e. The molecule has 0 aromatic rings. The summed E-state index contributed by atoms with van der Waals surface area (Å²) in [5, 5.41) is 11.2. The number of hydrogen-bond donors (Lipinski definition) is 1. The van der Waals surface area contributed by atoms with Crippen molar-refractivity contribution >= 4 is 0 Å². The van der Waals surface area contributed by atoms with Crippen molar-refractivity contribution in [1.82, 2.24) is 5.06 Å². The highest BCUT2D eigenvalue weighted by Gasteiger charge is 2.21. The van der Waals surface area contributed by atoms with E-state index in [1.54, 1.807) is 0 Å². The molecule has 0 amide bonds. The minimum absolute atomic E-state index is 0.229. The van der Waals surface area contributed by atoms with Crippen LogP contribution >= 0.6 is 0 Å². The number of nitrogens with zero attached hydrogens (tertiary/aromatic N) is 1. The van der Waals surface area contributed by atoms with Gasteiger partial charge in [-0.3, -0.25) is 0 Å². The van der Waals surface area contributed by atoms with Gasteiger partial charge in [-0.1, -0.05) is 52.4 Å². The Morgan fingerprint density at radius 1 is 1.24 bits per heavy atom. The Labute approximate surface area is 106 Å². The van der Waals surface area contributed by atoms with Gasteiger partial charge in [0.15, 0.2) is 0 Å². The number of hydrogen-bond acceptors (Lipinski definition) is 3. The molecule has 1 aliphatic rings. The number of rotatable bonds is 8. The Hall–Kier alpha value is -0.120.